The Bertz CT molecular complexity index is 492. The van der Waals surface area contributed by atoms with E-state index in [4.69, 9.17) is 10.5 Å². The number of nitrogen functional groups attached to an aromatic ring is 1. The topological polar surface area (TPSA) is 102 Å². The van der Waals surface area contributed by atoms with Crippen molar-refractivity contribution in [1.82, 2.24) is 9.55 Å². The molecule has 0 aliphatic carbocycles. The van der Waals surface area contributed by atoms with Crippen LogP contribution in [0.15, 0.2) is 9.59 Å². The van der Waals surface area contributed by atoms with Crippen molar-refractivity contribution in [2.24, 2.45) is 0 Å². The van der Waals surface area contributed by atoms with E-state index in [2.05, 4.69) is 10.3 Å². The van der Waals surface area contributed by atoms with Crippen molar-refractivity contribution in [2.75, 3.05) is 30.8 Å². The van der Waals surface area contributed by atoms with Crippen LogP contribution in [0.3, 0.4) is 0 Å². The molecule has 0 aromatic carbocycles. The Morgan fingerprint density at radius 1 is 1.39 bits per heavy atom. The molecule has 0 atom stereocenters. The second-order valence-corrected chi connectivity index (χ2v) is 3.74. The van der Waals surface area contributed by atoms with Crippen LogP contribution in [0.1, 0.15) is 20.3 Å². The second kappa shape index (κ2) is 6.85. The van der Waals surface area contributed by atoms with Crippen LogP contribution in [0.5, 0.6) is 0 Å². The van der Waals surface area contributed by atoms with Gasteiger partial charge in [-0.1, -0.05) is 0 Å². The molecule has 1 heterocycles. The quantitative estimate of drug-likeness (QED) is 0.595. The molecule has 7 heteroatoms. The van der Waals surface area contributed by atoms with Gasteiger partial charge in [0, 0.05) is 26.3 Å². The van der Waals surface area contributed by atoms with Crippen molar-refractivity contribution in [2.45, 2.75) is 26.8 Å². The minimum Gasteiger partial charge on any atom is -0.383 e. The maximum absolute atomic E-state index is 11.6. The Kier molecular flexibility index (Phi) is 5.44. The summed E-state index contributed by atoms with van der Waals surface area (Å²) in [6.45, 7) is 5.98. The Morgan fingerprint density at radius 3 is 2.72 bits per heavy atom. The predicted molar refractivity (Wildman–Crippen MR) is 71.0 cm³/mol. The van der Waals surface area contributed by atoms with E-state index in [1.165, 1.54) is 4.57 Å². The summed E-state index contributed by atoms with van der Waals surface area (Å²) >= 11 is 0. The van der Waals surface area contributed by atoms with E-state index in [1.807, 2.05) is 6.92 Å². The van der Waals surface area contributed by atoms with Gasteiger partial charge >= 0.3 is 5.69 Å². The van der Waals surface area contributed by atoms with Crippen LogP contribution in [0.2, 0.25) is 0 Å². The van der Waals surface area contributed by atoms with Crippen LogP contribution in [0.25, 0.3) is 0 Å². The van der Waals surface area contributed by atoms with E-state index < -0.39 is 11.2 Å². The minimum atomic E-state index is -0.487. The summed E-state index contributed by atoms with van der Waals surface area (Å²) < 4.78 is 6.50. The zero-order valence-electron chi connectivity index (χ0n) is 10.8. The fraction of sp³-hybridized carbons (Fsp3) is 0.636. The summed E-state index contributed by atoms with van der Waals surface area (Å²) in [4.78, 5) is 25.3. The van der Waals surface area contributed by atoms with Crippen LogP contribution in [0.4, 0.5) is 11.5 Å². The van der Waals surface area contributed by atoms with Crippen molar-refractivity contribution in [3.8, 4) is 0 Å². The van der Waals surface area contributed by atoms with Crippen LogP contribution in [0, 0.1) is 0 Å². The Balaban J connectivity index is 2.77. The van der Waals surface area contributed by atoms with Gasteiger partial charge in [0.1, 0.15) is 11.5 Å². The number of anilines is 2. The molecule has 0 aliphatic heterocycles. The number of ether oxygens (including phenoxy) is 1. The molecule has 1 aromatic heterocycles. The molecule has 0 radical (unpaired) electrons. The first-order chi connectivity index (χ1) is 8.61. The SMILES string of the molecule is CCOCCCNc1c(N)n(CC)c(=O)[nH]c1=O. The Morgan fingerprint density at radius 2 is 2.11 bits per heavy atom. The first-order valence-electron chi connectivity index (χ1n) is 6.06. The van der Waals surface area contributed by atoms with Gasteiger partial charge in [-0.3, -0.25) is 14.3 Å². The monoisotopic (exact) mass is 256 g/mol. The number of nitrogens with zero attached hydrogens (tertiary/aromatic N) is 1. The summed E-state index contributed by atoms with van der Waals surface area (Å²) in [5.74, 6) is 0.169. The van der Waals surface area contributed by atoms with E-state index in [9.17, 15) is 9.59 Å². The first-order valence-corrected chi connectivity index (χ1v) is 6.06. The number of aromatic amines is 1. The molecule has 0 unspecified atom stereocenters. The summed E-state index contributed by atoms with van der Waals surface area (Å²) in [6.07, 6.45) is 0.762. The summed E-state index contributed by atoms with van der Waals surface area (Å²) in [5, 5.41) is 2.93. The molecule has 4 N–H and O–H groups in total. The zero-order chi connectivity index (χ0) is 13.5. The van der Waals surface area contributed by atoms with Gasteiger partial charge < -0.3 is 15.8 Å². The number of H-pyrrole nitrogens is 1. The number of hydrogen-bond acceptors (Lipinski definition) is 5. The van der Waals surface area contributed by atoms with Gasteiger partial charge in [0.15, 0.2) is 0 Å². The van der Waals surface area contributed by atoms with Gasteiger partial charge in [0.2, 0.25) is 0 Å². The van der Waals surface area contributed by atoms with E-state index in [-0.39, 0.29) is 11.5 Å². The molecule has 0 spiro atoms. The molecule has 0 aliphatic rings. The van der Waals surface area contributed by atoms with Gasteiger partial charge in [0.25, 0.3) is 5.56 Å². The fourth-order valence-corrected chi connectivity index (χ4v) is 1.60. The zero-order valence-corrected chi connectivity index (χ0v) is 10.8. The van der Waals surface area contributed by atoms with E-state index >= 15 is 0 Å². The third-order valence-corrected chi connectivity index (χ3v) is 2.53. The van der Waals surface area contributed by atoms with E-state index in [0.717, 1.165) is 6.42 Å². The average Bonchev–Trinajstić information content (AvgIpc) is 2.32. The lowest BCUT2D eigenvalue weighted by Gasteiger charge is -2.12. The average molecular weight is 256 g/mol. The van der Waals surface area contributed by atoms with Crippen LogP contribution < -0.4 is 22.3 Å². The van der Waals surface area contributed by atoms with Gasteiger partial charge in [-0.15, -0.1) is 0 Å². The summed E-state index contributed by atoms with van der Waals surface area (Å²) in [5.41, 5.74) is 5.06. The molecule has 0 fully saturated rings. The van der Waals surface area contributed by atoms with Gasteiger partial charge in [-0.25, -0.2) is 4.79 Å². The Hall–Kier alpha value is -1.76. The van der Waals surface area contributed by atoms with Crippen LogP contribution in [-0.2, 0) is 11.3 Å². The van der Waals surface area contributed by atoms with Gasteiger partial charge in [0.05, 0.1) is 0 Å². The molecular weight excluding hydrogens is 236 g/mol. The third-order valence-electron chi connectivity index (χ3n) is 2.53. The predicted octanol–water partition coefficient (Wildman–Crippen LogP) is -0.0228. The highest BCUT2D eigenvalue weighted by atomic mass is 16.5. The number of nitrogens with one attached hydrogen (secondary N) is 2. The molecule has 7 nitrogen and oxygen atoms in total. The molecule has 0 amide bonds. The maximum Gasteiger partial charge on any atom is 0.330 e. The largest absolute Gasteiger partial charge is 0.383 e. The van der Waals surface area contributed by atoms with Crippen LogP contribution in [-0.4, -0.2) is 29.3 Å². The fourth-order valence-electron chi connectivity index (χ4n) is 1.60. The van der Waals surface area contributed by atoms with E-state index in [1.54, 1.807) is 6.92 Å². The Labute approximate surface area is 105 Å². The first kappa shape index (κ1) is 14.3. The van der Waals surface area contributed by atoms with Crippen LogP contribution >= 0.6 is 0 Å². The lowest BCUT2D eigenvalue weighted by Crippen LogP contribution is -2.33. The highest BCUT2D eigenvalue weighted by molar-refractivity contribution is 5.60. The number of hydrogen-bond donors (Lipinski definition) is 3. The summed E-state index contributed by atoms with van der Waals surface area (Å²) in [7, 11) is 0. The van der Waals surface area contributed by atoms with Crippen molar-refractivity contribution in [3.05, 3.63) is 20.8 Å². The number of nitrogens with two attached hydrogens (primary N) is 1. The molecule has 18 heavy (non-hydrogen) atoms. The van der Waals surface area contributed by atoms with Gasteiger partial charge in [-0.05, 0) is 20.3 Å². The smallest absolute Gasteiger partial charge is 0.330 e. The molecular formula is C11H20N4O3. The van der Waals surface area contributed by atoms with Crippen molar-refractivity contribution < 1.29 is 4.74 Å². The molecule has 1 aromatic rings. The summed E-state index contributed by atoms with van der Waals surface area (Å²) in [6, 6.07) is 0. The lowest BCUT2D eigenvalue weighted by molar-refractivity contribution is 0.147. The minimum absolute atomic E-state index is 0.169. The molecule has 0 saturated carbocycles. The molecule has 102 valence electrons. The van der Waals surface area contributed by atoms with Crippen molar-refractivity contribution in [1.29, 1.82) is 0 Å². The normalized spacial score (nSPS) is 10.6. The number of aromatic nitrogens is 2. The third kappa shape index (κ3) is 3.36. The standard InChI is InChI=1S/C11H20N4O3/c1-3-15-9(12)8(10(16)14-11(15)17)13-6-5-7-18-4-2/h13H,3-7,12H2,1-2H3,(H,14,16,17). The molecule has 0 bridgehead atoms. The second-order valence-electron chi connectivity index (χ2n) is 3.74. The van der Waals surface area contributed by atoms with Crippen molar-refractivity contribution >= 4 is 11.5 Å². The molecule has 0 saturated heterocycles. The van der Waals surface area contributed by atoms with Gasteiger partial charge in [-0.2, -0.15) is 0 Å². The number of rotatable bonds is 7. The van der Waals surface area contributed by atoms with Crippen molar-refractivity contribution in [3.63, 3.8) is 0 Å². The highest BCUT2D eigenvalue weighted by Gasteiger charge is 2.10. The van der Waals surface area contributed by atoms with E-state index in [0.29, 0.717) is 26.3 Å². The molecule has 1 rings (SSSR count). The maximum atomic E-state index is 11.6. The highest BCUT2D eigenvalue weighted by Crippen LogP contribution is 2.09. The lowest BCUT2D eigenvalue weighted by atomic mass is 10.4.